The lowest BCUT2D eigenvalue weighted by atomic mass is 10.1. The molecule has 3 rings (SSSR count). The van der Waals surface area contributed by atoms with Crippen LogP contribution in [-0.2, 0) is 11.3 Å². The molecule has 25 heavy (non-hydrogen) atoms. The number of thiazole rings is 1. The third kappa shape index (κ3) is 4.18. The number of rotatable bonds is 5. The van der Waals surface area contributed by atoms with E-state index in [1.807, 2.05) is 54.8 Å². The van der Waals surface area contributed by atoms with Crippen LogP contribution in [0.4, 0.5) is 0 Å². The number of fused-ring (bicyclic) bond motifs is 1. The zero-order valence-electron chi connectivity index (χ0n) is 14.2. The van der Waals surface area contributed by atoms with Crippen LogP contribution in [0.5, 0.6) is 0 Å². The van der Waals surface area contributed by atoms with Crippen molar-refractivity contribution in [3.05, 3.63) is 63.4 Å². The number of nitrogens with zero attached hydrogens (tertiary/aromatic N) is 2. The highest BCUT2D eigenvalue weighted by atomic mass is 35.5. The molecule has 1 heterocycles. The number of hydrogen-bond donors (Lipinski definition) is 0. The van der Waals surface area contributed by atoms with Gasteiger partial charge in [-0.25, -0.2) is 0 Å². The minimum atomic E-state index is -0.244. The smallest absolute Gasteiger partial charge is 0.279 e. The van der Waals surface area contributed by atoms with Crippen molar-refractivity contribution in [3.8, 4) is 0 Å². The number of halogens is 1. The van der Waals surface area contributed by atoms with E-state index in [4.69, 9.17) is 16.3 Å². The highest BCUT2D eigenvalue weighted by molar-refractivity contribution is 7.16. The maximum Gasteiger partial charge on any atom is 0.279 e. The molecule has 6 heteroatoms. The molecule has 0 bridgehead atoms. The number of amides is 1. The third-order valence-electron chi connectivity index (χ3n) is 3.77. The van der Waals surface area contributed by atoms with Crippen molar-refractivity contribution in [1.29, 1.82) is 0 Å². The van der Waals surface area contributed by atoms with Gasteiger partial charge in [-0.15, -0.1) is 0 Å². The Morgan fingerprint density at radius 1 is 1.28 bits per heavy atom. The van der Waals surface area contributed by atoms with E-state index in [0.717, 1.165) is 15.8 Å². The summed E-state index contributed by atoms with van der Waals surface area (Å²) in [7, 11) is 0. The molecule has 0 N–H and O–H groups in total. The molecule has 1 aromatic heterocycles. The number of ether oxygens (including phenoxy) is 1. The Labute approximate surface area is 155 Å². The van der Waals surface area contributed by atoms with E-state index < -0.39 is 0 Å². The average molecular weight is 375 g/mol. The second-order valence-electron chi connectivity index (χ2n) is 5.63. The molecule has 3 aromatic rings. The molecular weight excluding hydrogens is 356 g/mol. The molecule has 0 spiro atoms. The molecule has 4 nitrogen and oxygen atoms in total. The zero-order chi connectivity index (χ0) is 17.8. The largest absolute Gasteiger partial charge is 0.380 e. The summed E-state index contributed by atoms with van der Waals surface area (Å²) in [5, 5.41) is 0.669. The van der Waals surface area contributed by atoms with E-state index in [9.17, 15) is 4.79 Å². The summed E-state index contributed by atoms with van der Waals surface area (Å²) in [5.41, 5.74) is 2.63. The van der Waals surface area contributed by atoms with Crippen LogP contribution in [0.25, 0.3) is 10.2 Å². The van der Waals surface area contributed by atoms with Gasteiger partial charge in [-0.2, -0.15) is 4.99 Å². The molecule has 0 saturated heterocycles. The molecule has 0 radical (unpaired) electrons. The summed E-state index contributed by atoms with van der Waals surface area (Å²) < 4.78 is 8.48. The lowest BCUT2D eigenvalue weighted by molar-refractivity contribution is 0.0996. The van der Waals surface area contributed by atoms with Crippen LogP contribution in [0, 0.1) is 6.92 Å². The Morgan fingerprint density at radius 3 is 2.88 bits per heavy atom. The minimum Gasteiger partial charge on any atom is -0.380 e. The van der Waals surface area contributed by atoms with Crippen molar-refractivity contribution in [3.63, 3.8) is 0 Å². The lowest BCUT2D eigenvalue weighted by Gasteiger charge is -2.05. The van der Waals surface area contributed by atoms with Crippen molar-refractivity contribution in [2.45, 2.75) is 20.4 Å². The number of aromatic nitrogens is 1. The van der Waals surface area contributed by atoms with Crippen LogP contribution >= 0.6 is 22.9 Å². The highest BCUT2D eigenvalue weighted by Crippen LogP contribution is 2.22. The number of benzene rings is 2. The van der Waals surface area contributed by atoms with Crippen molar-refractivity contribution in [1.82, 2.24) is 4.57 Å². The van der Waals surface area contributed by atoms with Crippen molar-refractivity contribution >= 4 is 39.1 Å². The Bertz CT molecular complexity index is 975. The van der Waals surface area contributed by atoms with Gasteiger partial charge in [0.2, 0.25) is 0 Å². The first kappa shape index (κ1) is 17.9. The van der Waals surface area contributed by atoms with Gasteiger partial charge in [-0.3, -0.25) is 4.79 Å². The predicted molar refractivity (Wildman–Crippen MR) is 102 cm³/mol. The lowest BCUT2D eigenvalue weighted by Crippen LogP contribution is -2.19. The SMILES string of the molecule is CCOCCn1c(=NC(=O)c2cccc(C)c2)sc2cc(Cl)ccc21. The van der Waals surface area contributed by atoms with Gasteiger partial charge in [-0.05, 0) is 44.2 Å². The first-order chi connectivity index (χ1) is 12.1. The van der Waals surface area contributed by atoms with Gasteiger partial charge in [0.1, 0.15) is 0 Å². The second kappa shape index (κ2) is 7.95. The van der Waals surface area contributed by atoms with E-state index in [2.05, 4.69) is 4.99 Å². The van der Waals surface area contributed by atoms with Crippen LogP contribution in [0.3, 0.4) is 0 Å². The molecule has 0 atom stereocenters. The molecule has 0 aliphatic rings. The average Bonchev–Trinajstić information content (AvgIpc) is 2.91. The standard InChI is InChI=1S/C19H19ClN2O2S/c1-3-24-10-9-22-16-8-7-15(20)12-17(16)25-19(22)21-18(23)14-6-4-5-13(2)11-14/h4-8,11-12H,3,9-10H2,1-2H3. The van der Waals surface area contributed by atoms with Crippen LogP contribution in [0.2, 0.25) is 5.02 Å². The van der Waals surface area contributed by atoms with E-state index in [1.54, 1.807) is 6.07 Å². The first-order valence-corrected chi connectivity index (χ1v) is 9.30. The van der Waals surface area contributed by atoms with Gasteiger partial charge in [0.05, 0.1) is 16.8 Å². The molecule has 2 aromatic carbocycles. The normalized spacial score (nSPS) is 12.0. The number of carbonyl (C=O) groups excluding carboxylic acids is 1. The van der Waals surface area contributed by atoms with Gasteiger partial charge in [0.25, 0.3) is 5.91 Å². The highest BCUT2D eigenvalue weighted by Gasteiger charge is 2.10. The quantitative estimate of drug-likeness (QED) is 0.619. The fourth-order valence-electron chi connectivity index (χ4n) is 2.58. The maximum atomic E-state index is 12.6. The van der Waals surface area contributed by atoms with Crippen LogP contribution in [-0.4, -0.2) is 23.7 Å². The molecule has 0 saturated carbocycles. The van der Waals surface area contributed by atoms with Gasteiger partial charge in [-0.1, -0.05) is 40.6 Å². The minimum absolute atomic E-state index is 0.244. The summed E-state index contributed by atoms with van der Waals surface area (Å²) in [6.45, 7) is 5.78. The summed E-state index contributed by atoms with van der Waals surface area (Å²) >= 11 is 7.56. The van der Waals surface area contributed by atoms with Gasteiger partial charge < -0.3 is 9.30 Å². The predicted octanol–water partition coefficient (Wildman–Crippen LogP) is 4.44. The third-order valence-corrected chi connectivity index (χ3v) is 5.05. The maximum absolute atomic E-state index is 12.6. The number of aryl methyl sites for hydroxylation is 1. The van der Waals surface area contributed by atoms with E-state index in [-0.39, 0.29) is 5.91 Å². The first-order valence-electron chi connectivity index (χ1n) is 8.11. The molecule has 0 aliphatic heterocycles. The summed E-state index contributed by atoms with van der Waals surface area (Å²) in [6, 6.07) is 13.2. The fraction of sp³-hybridized carbons (Fsp3) is 0.263. The molecule has 0 unspecified atom stereocenters. The molecule has 0 aliphatic carbocycles. The molecule has 0 fully saturated rings. The van der Waals surface area contributed by atoms with Crippen molar-refractivity contribution in [2.75, 3.05) is 13.2 Å². The van der Waals surface area contributed by atoms with Crippen LogP contribution in [0.15, 0.2) is 47.5 Å². The Balaban J connectivity index is 2.06. The van der Waals surface area contributed by atoms with Crippen molar-refractivity contribution in [2.24, 2.45) is 4.99 Å². The monoisotopic (exact) mass is 374 g/mol. The van der Waals surface area contributed by atoms with Gasteiger partial charge >= 0.3 is 0 Å². The molecule has 1 amide bonds. The molecular formula is C19H19ClN2O2S. The Kier molecular flexibility index (Phi) is 5.68. The number of carbonyl (C=O) groups is 1. The van der Waals surface area contributed by atoms with E-state index in [1.165, 1.54) is 11.3 Å². The summed E-state index contributed by atoms with van der Waals surface area (Å²) in [5.74, 6) is -0.244. The summed E-state index contributed by atoms with van der Waals surface area (Å²) in [6.07, 6.45) is 0. The zero-order valence-corrected chi connectivity index (χ0v) is 15.7. The van der Waals surface area contributed by atoms with Crippen molar-refractivity contribution < 1.29 is 9.53 Å². The van der Waals surface area contributed by atoms with E-state index >= 15 is 0 Å². The van der Waals surface area contributed by atoms with Crippen LogP contribution < -0.4 is 4.80 Å². The van der Waals surface area contributed by atoms with Gasteiger partial charge in [0, 0.05) is 23.7 Å². The Hall–Kier alpha value is -1.95. The van der Waals surface area contributed by atoms with Gasteiger partial charge in [0.15, 0.2) is 4.80 Å². The van der Waals surface area contributed by atoms with Crippen LogP contribution in [0.1, 0.15) is 22.8 Å². The second-order valence-corrected chi connectivity index (χ2v) is 7.08. The molecule has 130 valence electrons. The topological polar surface area (TPSA) is 43.6 Å². The fourth-order valence-corrected chi connectivity index (χ4v) is 3.91. The Morgan fingerprint density at radius 2 is 2.12 bits per heavy atom. The number of hydrogen-bond acceptors (Lipinski definition) is 3. The summed E-state index contributed by atoms with van der Waals surface area (Å²) in [4.78, 5) is 17.6. The van der Waals surface area contributed by atoms with E-state index in [0.29, 0.717) is 35.1 Å².